The lowest BCUT2D eigenvalue weighted by Crippen LogP contribution is -1.97. The van der Waals surface area contributed by atoms with Crippen molar-refractivity contribution in [1.82, 2.24) is 0 Å². The van der Waals surface area contributed by atoms with E-state index in [-0.39, 0.29) is 0 Å². The molecule has 0 bridgehead atoms. The molecule has 0 aliphatic carbocycles. The molecule has 3 rings (SSSR count). The molecular formula is C21H17Cl2N. The number of rotatable bonds is 4. The Morgan fingerprint density at radius 3 is 1.50 bits per heavy atom. The first kappa shape index (κ1) is 16.8. The van der Waals surface area contributed by atoms with Gasteiger partial charge in [0.25, 0.3) is 0 Å². The Hall–Kier alpha value is -2.06. The average Bonchev–Trinajstić information content (AvgIpc) is 2.62. The van der Waals surface area contributed by atoms with Crippen LogP contribution in [0.25, 0.3) is 16.7 Å². The topological polar surface area (TPSA) is 26.0 Å². The summed E-state index contributed by atoms with van der Waals surface area (Å²) in [5.41, 5.74) is 11.4. The van der Waals surface area contributed by atoms with Crippen LogP contribution in [0.15, 0.2) is 78.9 Å². The summed E-state index contributed by atoms with van der Waals surface area (Å²) in [6, 6.07) is 24.1. The minimum Gasteiger partial charge on any atom is -0.327 e. The lowest BCUT2D eigenvalue weighted by molar-refractivity contribution is 1.25. The quantitative estimate of drug-likeness (QED) is 0.606. The summed E-state index contributed by atoms with van der Waals surface area (Å²) in [4.78, 5) is 0. The summed E-state index contributed by atoms with van der Waals surface area (Å²) >= 11 is 11.9. The van der Waals surface area contributed by atoms with E-state index in [0.717, 1.165) is 37.9 Å². The Bertz CT molecular complexity index is 833. The molecule has 0 aliphatic heterocycles. The molecular weight excluding hydrogens is 337 g/mol. The van der Waals surface area contributed by atoms with Crippen molar-refractivity contribution < 1.29 is 0 Å². The van der Waals surface area contributed by atoms with Crippen LogP contribution >= 0.6 is 23.2 Å². The van der Waals surface area contributed by atoms with E-state index in [1.807, 2.05) is 54.6 Å². The second kappa shape index (κ2) is 7.67. The third-order valence-electron chi connectivity index (χ3n) is 3.85. The van der Waals surface area contributed by atoms with Gasteiger partial charge < -0.3 is 5.73 Å². The van der Waals surface area contributed by atoms with Crippen molar-refractivity contribution in [3.63, 3.8) is 0 Å². The SMILES string of the molecule is NCC=C(c1ccc(Cl)cc1)c1ccc(-c2ccc(Cl)cc2)cc1. The molecule has 3 heteroatoms. The van der Waals surface area contributed by atoms with Crippen molar-refractivity contribution in [1.29, 1.82) is 0 Å². The molecule has 120 valence electrons. The Balaban J connectivity index is 1.94. The van der Waals surface area contributed by atoms with Gasteiger partial charge in [0.2, 0.25) is 0 Å². The normalized spacial score (nSPS) is 11.5. The van der Waals surface area contributed by atoms with E-state index in [1.54, 1.807) is 0 Å². The molecule has 0 amide bonds. The second-order valence-corrected chi connectivity index (χ2v) is 6.32. The number of halogens is 2. The highest BCUT2D eigenvalue weighted by Crippen LogP contribution is 2.28. The Kier molecular flexibility index (Phi) is 5.37. The van der Waals surface area contributed by atoms with Crippen molar-refractivity contribution in [2.45, 2.75) is 0 Å². The minimum atomic E-state index is 0.483. The minimum absolute atomic E-state index is 0.483. The molecule has 0 radical (unpaired) electrons. The molecule has 0 aliphatic rings. The van der Waals surface area contributed by atoms with Crippen LogP contribution in [0.5, 0.6) is 0 Å². The zero-order chi connectivity index (χ0) is 16.9. The molecule has 0 saturated carbocycles. The monoisotopic (exact) mass is 353 g/mol. The van der Waals surface area contributed by atoms with Crippen molar-refractivity contribution in [2.24, 2.45) is 5.73 Å². The number of hydrogen-bond donors (Lipinski definition) is 1. The molecule has 0 saturated heterocycles. The van der Waals surface area contributed by atoms with Gasteiger partial charge in [-0.2, -0.15) is 0 Å². The fraction of sp³-hybridized carbons (Fsp3) is 0.0476. The zero-order valence-electron chi connectivity index (χ0n) is 13.0. The van der Waals surface area contributed by atoms with Crippen LogP contribution in [0, 0.1) is 0 Å². The zero-order valence-corrected chi connectivity index (χ0v) is 14.6. The van der Waals surface area contributed by atoms with Gasteiger partial charge >= 0.3 is 0 Å². The van der Waals surface area contributed by atoms with E-state index in [0.29, 0.717) is 6.54 Å². The molecule has 0 fully saturated rings. The molecule has 3 aromatic carbocycles. The molecule has 1 nitrogen and oxygen atoms in total. The predicted molar refractivity (Wildman–Crippen MR) is 104 cm³/mol. The third-order valence-corrected chi connectivity index (χ3v) is 4.35. The molecule has 24 heavy (non-hydrogen) atoms. The maximum Gasteiger partial charge on any atom is 0.0406 e. The van der Waals surface area contributed by atoms with Crippen molar-refractivity contribution in [3.8, 4) is 11.1 Å². The van der Waals surface area contributed by atoms with E-state index < -0.39 is 0 Å². The highest BCUT2D eigenvalue weighted by atomic mass is 35.5. The third kappa shape index (κ3) is 3.88. The summed E-state index contributed by atoms with van der Waals surface area (Å²) in [6.45, 7) is 0.483. The maximum atomic E-state index is 5.99. The molecule has 0 spiro atoms. The van der Waals surface area contributed by atoms with Crippen molar-refractivity contribution >= 4 is 28.8 Å². The van der Waals surface area contributed by atoms with Gasteiger partial charge in [0.05, 0.1) is 0 Å². The summed E-state index contributed by atoms with van der Waals surface area (Å²) in [5, 5.41) is 1.47. The molecule has 0 unspecified atom stereocenters. The first-order valence-electron chi connectivity index (χ1n) is 7.70. The van der Waals surface area contributed by atoms with Crippen molar-refractivity contribution in [3.05, 3.63) is 100 Å². The van der Waals surface area contributed by atoms with Crippen LogP contribution < -0.4 is 5.73 Å². The van der Waals surface area contributed by atoms with Gasteiger partial charge in [-0.05, 0) is 52.1 Å². The summed E-state index contributed by atoms with van der Waals surface area (Å²) in [5.74, 6) is 0. The van der Waals surface area contributed by atoms with E-state index in [4.69, 9.17) is 28.9 Å². The Labute approximate surface area is 152 Å². The summed E-state index contributed by atoms with van der Waals surface area (Å²) < 4.78 is 0. The number of nitrogens with two attached hydrogens (primary N) is 1. The van der Waals surface area contributed by atoms with Crippen LogP contribution in [0.3, 0.4) is 0 Å². The fourth-order valence-electron chi connectivity index (χ4n) is 2.63. The van der Waals surface area contributed by atoms with Crippen LogP contribution in [0.2, 0.25) is 10.0 Å². The highest BCUT2D eigenvalue weighted by Gasteiger charge is 2.06. The largest absolute Gasteiger partial charge is 0.327 e. The van der Waals surface area contributed by atoms with E-state index in [1.165, 1.54) is 0 Å². The maximum absolute atomic E-state index is 5.99. The second-order valence-electron chi connectivity index (χ2n) is 5.44. The Morgan fingerprint density at radius 1 is 0.667 bits per heavy atom. The number of hydrogen-bond acceptors (Lipinski definition) is 1. The highest BCUT2D eigenvalue weighted by molar-refractivity contribution is 6.30. The van der Waals surface area contributed by atoms with Crippen LogP contribution in [-0.4, -0.2) is 6.54 Å². The molecule has 0 heterocycles. The van der Waals surface area contributed by atoms with Gasteiger partial charge in [-0.25, -0.2) is 0 Å². The van der Waals surface area contributed by atoms with Gasteiger partial charge in [0.1, 0.15) is 0 Å². The van der Waals surface area contributed by atoms with Gasteiger partial charge in [-0.1, -0.05) is 77.8 Å². The van der Waals surface area contributed by atoms with Gasteiger partial charge in [-0.15, -0.1) is 0 Å². The van der Waals surface area contributed by atoms with Crippen LogP contribution in [0.4, 0.5) is 0 Å². The molecule has 2 N–H and O–H groups in total. The van der Waals surface area contributed by atoms with E-state index >= 15 is 0 Å². The lowest BCUT2D eigenvalue weighted by atomic mass is 9.95. The average molecular weight is 354 g/mol. The summed E-state index contributed by atoms with van der Waals surface area (Å²) in [6.07, 6.45) is 2.03. The van der Waals surface area contributed by atoms with E-state index in [9.17, 15) is 0 Å². The van der Waals surface area contributed by atoms with Crippen molar-refractivity contribution in [2.75, 3.05) is 6.54 Å². The standard InChI is InChI=1S/C21H17Cl2N/c22-19-9-5-16(6-10-19)15-1-3-17(4-2-15)21(13-14-24)18-7-11-20(23)12-8-18/h1-13H,14,24H2. The smallest absolute Gasteiger partial charge is 0.0406 e. The fourth-order valence-corrected chi connectivity index (χ4v) is 2.89. The lowest BCUT2D eigenvalue weighted by Gasteiger charge is -2.10. The summed E-state index contributed by atoms with van der Waals surface area (Å²) in [7, 11) is 0. The predicted octanol–water partition coefficient (Wildman–Crippen LogP) is 6.05. The van der Waals surface area contributed by atoms with Gasteiger partial charge in [0.15, 0.2) is 0 Å². The first-order valence-corrected chi connectivity index (χ1v) is 8.45. The van der Waals surface area contributed by atoms with Gasteiger partial charge in [0, 0.05) is 16.6 Å². The Morgan fingerprint density at radius 2 is 1.04 bits per heavy atom. The van der Waals surface area contributed by atoms with Gasteiger partial charge in [-0.3, -0.25) is 0 Å². The number of benzene rings is 3. The molecule has 0 aromatic heterocycles. The molecule has 0 atom stereocenters. The van der Waals surface area contributed by atoms with Crippen LogP contribution in [-0.2, 0) is 0 Å². The molecule has 3 aromatic rings. The van der Waals surface area contributed by atoms with E-state index in [2.05, 4.69) is 24.3 Å². The van der Waals surface area contributed by atoms with Crippen LogP contribution in [0.1, 0.15) is 11.1 Å². The first-order chi connectivity index (χ1) is 11.7.